The van der Waals surface area contributed by atoms with Gasteiger partial charge in [0.25, 0.3) is 17.4 Å². The summed E-state index contributed by atoms with van der Waals surface area (Å²) in [7, 11) is 0. The van der Waals surface area contributed by atoms with Gasteiger partial charge in [0, 0.05) is 17.2 Å². The quantitative estimate of drug-likeness (QED) is 0.701. The Morgan fingerprint density at radius 2 is 1.69 bits per heavy atom. The zero-order chi connectivity index (χ0) is 19.2. The molecule has 0 unspecified atom stereocenters. The first-order valence-corrected chi connectivity index (χ1v) is 7.92. The van der Waals surface area contributed by atoms with Crippen molar-refractivity contribution in [3.05, 3.63) is 51.8 Å². The molecule has 1 aromatic heterocycles. The number of nitrogens with one attached hydrogen (secondary N) is 2. The number of amides is 3. The fourth-order valence-corrected chi connectivity index (χ4v) is 2.56. The Balaban J connectivity index is 2.00. The van der Waals surface area contributed by atoms with Gasteiger partial charge in [-0.15, -0.1) is 0 Å². The number of hydrogen-bond donors (Lipinski definition) is 3. The van der Waals surface area contributed by atoms with Crippen molar-refractivity contribution in [2.75, 3.05) is 11.1 Å². The van der Waals surface area contributed by atoms with Crippen LogP contribution in [0.15, 0.2) is 35.1 Å². The van der Waals surface area contributed by atoms with Crippen molar-refractivity contribution in [2.24, 2.45) is 5.41 Å². The number of rotatable bonds is 2. The summed E-state index contributed by atoms with van der Waals surface area (Å²) in [5.41, 5.74) is 5.84. The van der Waals surface area contributed by atoms with Gasteiger partial charge in [-0.25, -0.2) is 0 Å². The Hall–Kier alpha value is -3.42. The van der Waals surface area contributed by atoms with Gasteiger partial charge >= 0.3 is 0 Å². The van der Waals surface area contributed by atoms with Gasteiger partial charge in [-0.3, -0.25) is 29.1 Å². The molecule has 0 saturated carbocycles. The molecule has 3 amide bonds. The van der Waals surface area contributed by atoms with E-state index in [1.165, 1.54) is 0 Å². The molecule has 26 heavy (non-hydrogen) atoms. The van der Waals surface area contributed by atoms with E-state index in [2.05, 4.69) is 10.6 Å². The zero-order valence-electron chi connectivity index (χ0n) is 14.5. The first-order valence-electron chi connectivity index (χ1n) is 7.92. The molecule has 0 atom stereocenters. The molecule has 3 rings (SSSR count). The van der Waals surface area contributed by atoms with E-state index in [-0.39, 0.29) is 22.9 Å². The highest BCUT2D eigenvalue weighted by Gasteiger charge is 2.31. The van der Waals surface area contributed by atoms with E-state index >= 15 is 0 Å². The number of anilines is 2. The molecule has 1 aliphatic heterocycles. The van der Waals surface area contributed by atoms with Crippen LogP contribution in [0, 0.1) is 5.41 Å². The van der Waals surface area contributed by atoms with Crippen molar-refractivity contribution in [2.45, 2.75) is 20.8 Å². The van der Waals surface area contributed by atoms with Crippen molar-refractivity contribution in [3.8, 4) is 5.69 Å². The lowest BCUT2D eigenvalue weighted by atomic mass is 9.95. The fraction of sp³-hybridized carbons (Fsp3) is 0.222. The molecule has 2 heterocycles. The van der Waals surface area contributed by atoms with Gasteiger partial charge in [-0.2, -0.15) is 0 Å². The molecule has 8 heteroatoms. The van der Waals surface area contributed by atoms with Gasteiger partial charge in [-0.1, -0.05) is 20.8 Å². The van der Waals surface area contributed by atoms with Gasteiger partial charge in [0.15, 0.2) is 0 Å². The molecule has 134 valence electrons. The normalized spacial score (nSPS) is 13.3. The number of nitrogens with two attached hydrogens (primary N) is 1. The predicted octanol–water partition coefficient (Wildman–Crippen LogP) is 1.29. The standard InChI is InChI=1S/C18H18N4O4/c1-18(2,3)17(26)20-9-4-6-10(7-5-9)22-12(23)8-11-13(14(22)19)16(25)21-15(11)24/h4-8H,19H2,1-3H3,(H,20,26)(H,21,24,25). The summed E-state index contributed by atoms with van der Waals surface area (Å²) in [4.78, 5) is 48.0. The maximum atomic E-state index is 12.4. The highest BCUT2D eigenvalue weighted by atomic mass is 16.2. The lowest BCUT2D eigenvalue weighted by Gasteiger charge is -2.18. The van der Waals surface area contributed by atoms with Crippen molar-refractivity contribution in [3.63, 3.8) is 0 Å². The largest absolute Gasteiger partial charge is 0.384 e. The Kier molecular flexibility index (Phi) is 3.91. The molecule has 4 N–H and O–H groups in total. The van der Waals surface area contributed by atoms with Crippen LogP contribution < -0.4 is 21.9 Å². The number of benzene rings is 1. The van der Waals surface area contributed by atoms with Crippen LogP contribution in [0.5, 0.6) is 0 Å². The minimum Gasteiger partial charge on any atom is -0.384 e. The van der Waals surface area contributed by atoms with Crippen LogP contribution in [0.2, 0.25) is 0 Å². The molecule has 0 saturated heterocycles. The average Bonchev–Trinajstić information content (AvgIpc) is 2.82. The van der Waals surface area contributed by atoms with Crippen LogP contribution in [0.1, 0.15) is 41.5 Å². The molecule has 2 aromatic rings. The van der Waals surface area contributed by atoms with Crippen LogP contribution >= 0.6 is 0 Å². The van der Waals surface area contributed by atoms with E-state index in [0.717, 1.165) is 10.6 Å². The third kappa shape index (κ3) is 2.85. The topological polar surface area (TPSA) is 123 Å². The molecule has 0 spiro atoms. The SMILES string of the molecule is CC(C)(C)C(=O)Nc1ccc(-n2c(N)c3c(cc2=O)C(=O)NC3=O)cc1. The van der Waals surface area contributed by atoms with E-state index in [4.69, 9.17) is 5.73 Å². The molecule has 1 aliphatic rings. The lowest BCUT2D eigenvalue weighted by Crippen LogP contribution is -2.27. The second-order valence-electron chi connectivity index (χ2n) is 7.03. The second kappa shape index (κ2) is 5.83. The molecule has 0 fully saturated rings. The minimum atomic E-state index is -0.638. The lowest BCUT2D eigenvalue weighted by molar-refractivity contribution is -0.123. The predicted molar refractivity (Wildman–Crippen MR) is 96.3 cm³/mol. The van der Waals surface area contributed by atoms with E-state index in [0.29, 0.717) is 11.4 Å². The van der Waals surface area contributed by atoms with Crippen LogP contribution in [0.4, 0.5) is 11.5 Å². The Morgan fingerprint density at radius 1 is 1.08 bits per heavy atom. The Morgan fingerprint density at radius 3 is 2.27 bits per heavy atom. The monoisotopic (exact) mass is 354 g/mol. The Labute approximate surface area is 149 Å². The first kappa shape index (κ1) is 17.4. The van der Waals surface area contributed by atoms with Crippen LogP contribution in [-0.2, 0) is 4.79 Å². The highest BCUT2D eigenvalue weighted by molar-refractivity contribution is 6.23. The number of nitrogen functional groups attached to an aromatic ring is 1. The minimum absolute atomic E-state index is 0.0142. The van der Waals surface area contributed by atoms with Crippen molar-refractivity contribution in [1.82, 2.24) is 9.88 Å². The molecule has 1 aromatic carbocycles. The van der Waals surface area contributed by atoms with Crippen molar-refractivity contribution >= 4 is 29.2 Å². The number of hydrogen-bond acceptors (Lipinski definition) is 5. The summed E-state index contributed by atoms with van der Waals surface area (Å²) in [6, 6.07) is 7.53. The summed E-state index contributed by atoms with van der Waals surface area (Å²) < 4.78 is 1.15. The third-order valence-electron chi connectivity index (χ3n) is 4.02. The number of aromatic nitrogens is 1. The number of nitrogens with zero attached hydrogens (tertiary/aromatic N) is 1. The van der Waals surface area contributed by atoms with E-state index in [1.807, 2.05) is 0 Å². The third-order valence-corrected chi connectivity index (χ3v) is 4.02. The summed E-state index contributed by atoms with van der Waals surface area (Å²) in [6.45, 7) is 5.40. The second-order valence-corrected chi connectivity index (χ2v) is 7.03. The maximum absolute atomic E-state index is 12.4. The van der Waals surface area contributed by atoms with E-state index < -0.39 is 22.8 Å². The number of carbonyl (C=O) groups is 3. The Bertz CT molecular complexity index is 998. The molecule has 0 radical (unpaired) electrons. The van der Waals surface area contributed by atoms with Crippen LogP contribution in [0.25, 0.3) is 5.69 Å². The molecular formula is C18H18N4O4. The number of carbonyl (C=O) groups excluding carboxylic acids is 3. The number of fused-ring (bicyclic) bond motifs is 1. The summed E-state index contributed by atoms with van der Waals surface area (Å²) in [5, 5.41) is 4.89. The summed E-state index contributed by atoms with van der Waals surface area (Å²) in [5.74, 6) is -1.52. The number of pyridine rings is 1. The highest BCUT2D eigenvalue weighted by Crippen LogP contribution is 2.24. The van der Waals surface area contributed by atoms with Crippen LogP contribution in [-0.4, -0.2) is 22.3 Å². The molecule has 0 bridgehead atoms. The summed E-state index contributed by atoms with van der Waals surface area (Å²) >= 11 is 0. The zero-order valence-corrected chi connectivity index (χ0v) is 14.5. The molecule has 8 nitrogen and oxygen atoms in total. The van der Waals surface area contributed by atoms with Gasteiger partial charge < -0.3 is 11.1 Å². The molecular weight excluding hydrogens is 336 g/mol. The summed E-state index contributed by atoms with van der Waals surface area (Å²) in [6.07, 6.45) is 0. The van der Waals surface area contributed by atoms with Crippen molar-refractivity contribution in [1.29, 1.82) is 0 Å². The number of imide groups is 1. The molecule has 0 aliphatic carbocycles. The fourth-order valence-electron chi connectivity index (χ4n) is 2.56. The maximum Gasteiger partial charge on any atom is 0.262 e. The van der Waals surface area contributed by atoms with Crippen molar-refractivity contribution < 1.29 is 14.4 Å². The first-order chi connectivity index (χ1) is 12.1. The van der Waals surface area contributed by atoms with Gasteiger partial charge in [-0.05, 0) is 24.3 Å². The van der Waals surface area contributed by atoms with E-state index in [9.17, 15) is 19.2 Å². The van der Waals surface area contributed by atoms with E-state index in [1.54, 1.807) is 45.0 Å². The van der Waals surface area contributed by atoms with Gasteiger partial charge in [0.05, 0.1) is 16.8 Å². The van der Waals surface area contributed by atoms with Gasteiger partial charge in [0.2, 0.25) is 5.91 Å². The van der Waals surface area contributed by atoms with Crippen LogP contribution in [0.3, 0.4) is 0 Å². The average molecular weight is 354 g/mol. The smallest absolute Gasteiger partial charge is 0.262 e. The van der Waals surface area contributed by atoms with Gasteiger partial charge in [0.1, 0.15) is 5.82 Å².